The Morgan fingerprint density at radius 2 is 1.03 bits per heavy atom. The van der Waals surface area contributed by atoms with Gasteiger partial charge in [-0.25, -0.2) is 0 Å². The fourth-order valence-electron chi connectivity index (χ4n) is 6.19. The average molecular weight is 462 g/mol. The van der Waals surface area contributed by atoms with E-state index in [-0.39, 0.29) is 10.8 Å². The number of rotatable bonds is 8. The van der Waals surface area contributed by atoms with E-state index in [1.807, 2.05) is 0 Å². The van der Waals surface area contributed by atoms with E-state index in [0.29, 0.717) is 6.42 Å². The highest BCUT2D eigenvalue weighted by molar-refractivity contribution is 5.50. The third-order valence-electron chi connectivity index (χ3n) is 8.07. The van der Waals surface area contributed by atoms with Crippen molar-refractivity contribution >= 4 is 0 Å². The zero-order chi connectivity index (χ0) is 24.0. The summed E-state index contributed by atoms with van der Waals surface area (Å²) < 4.78 is 0. The molecule has 5 rings (SSSR count). The highest BCUT2D eigenvalue weighted by Gasteiger charge is 2.43. The van der Waals surface area contributed by atoms with Crippen LogP contribution in [0.3, 0.4) is 0 Å². The normalized spacial score (nSPS) is 16.5. The van der Waals surface area contributed by atoms with Gasteiger partial charge in [-0.2, -0.15) is 0 Å². The van der Waals surface area contributed by atoms with Gasteiger partial charge in [-0.15, -0.1) is 0 Å². The Bertz CT molecular complexity index is 1070. The number of aliphatic hydroxyl groups excluding tert-OH is 1. The van der Waals surface area contributed by atoms with Crippen molar-refractivity contribution in [3.8, 4) is 0 Å². The Balaban J connectivity index is 1.58. The maximum Gasteiger partial charge on any atom is 0.0638 e. The second-order valence-corrected chi connectivity index (χ2v) is 9.83. The van der Waals surface area contributed by atoms with Crippen LogP contribution in [0.2, 0.25) is 0 Å². The number of aliphatic hydroxyl groups is 1. The van der Waals surface area contributed by atoms with Gasteiger partial charge in [0.15, 0.2) is 0 Å². The Labute approximate surface area is 209 Å². The maximum atomic E-state index is 12.0. The molecule has 0 radical (unpaired) electrons. The third-order valence-corrected chi connectivity index (χ3v) is 8.07. The van der Waals surface area contributed by atoms with Gasteiger partial charge in [0, 0.05) is 10.8 Å². The molecule has 2 heteroatoms. The Morgan fingerprint density at radius 3 is 1.46 bits per heavy atom. The molecule has 1 aliphatic heterocycles. The summed E-state index contributed by atoms with van der Waals surface area (Å²) >= 11 is 0. The van der Waals surface area contributed by atoms with E-state index >= 15 is 0 Å². The molecule has 4 aromatic rings. The van der Waals surface area contributed by atoms with E-state index < -0.39 is 6.10 Å². The zero-order valence-electron chi connectivity index (χ0n) is 20.3. The smallest absolute Gasteiger partial charge is 0.0638 e. The number of hydrogen-bond acceptors (Lipinski definition) is 2. The van der Waals surface area contributed by atoms with Crippen LogP contribution in [-0.4, -0.2) is 24.3 Å². The van der Waals surface area contributed by atoms with Crippen LogP contribution < -0.4 is 5.32 Å². The van der Waals surface area contributed by atoms with Crippen molar-refractivity contribution in [3.05, 3.63) is 144 Å². The third kappa shape index (κ3) is 4.57. The van der Waals surface area contributed by atoms with Crippen LogP contribution in [-0.2, 0) is 10.8 Å². The summed E-state index contributed by atoms with van der Waals surface area (Å²) in [6.07, 6.45) is 3.02. The van der Waals surface area contributed by atoms with E-state index in [2.05, 4.69) is 127 Å². The zero-order valence-corrected chi connectivity index (χ0v) is 20.3. The molecule has 0 spiro atoms. The highest BCUT2D eigenvalue weighted by atomic mass is 16.3. The quantitative estimate of drug-likeness (QED) is 0.294. The molecule has 1 saturated heterocycles. The molecular formula is C33H35NO. The van der Waals surface area contributed by atoms with Crippen LogP contribution in [0.5, 0.6) is 0 Å². The minimum Gasteiger partial charge on any atom is -0.392 e. The Kier molecular flexibility index (Phi) is 7.13. The molecule has 0 bridgehead atoms. The number of benzene rings is 4. The summed E-state index contributed by atoms with van der Waals surface area (Å²) in [5, 5.41) is 15.5. The number of piperidine rings is 1. The minimum atomic E-state index is -0.428. The van der Waals surface area contributed by atoms with Crippen molar-refractivity contribution in [2.75, 3.05) is 13.1 Å². The van der Waals surface area contributed by atoms with Gasteiger partial charge in [-0.3, -0.25) is 0 Å². The lowest BCUT2D eigenvalue weighted by molar-refractivity contribution is 0.0467. The summed E-state index contributed by atoms with van der Waals surface area (Å²) in [6, 6.07) is 43.1. The monoisotopic (exact) mass is 461 g/mol. The van der Waals surface area contributed by atoms with Gasteiger partial charge < -0.3 is 10.4 Å². The summed E-state index contributed by atoms with van der Waals surface area (Å²) in [4.78, 5) is 0. The second-order valence-electron chi connectivity index (χ2n) is 9.83. The molecular weight excluding hydrogens is 426 g/mol. The molecule has 178 valence electrons. The van der Waals surface area contributed by atoms with Gasteiger partial charge in [-0.05, 0) is 61.0 Å². The van der Waals surface area contributed by atoms with Crippen molar-refractivity contribution < 1.29 is 5.11 Å². The van der Waals surface area contributed by atoms with E-state index in [1.54, 1.807) is 0 Å². The number of nitrogens with one attached hydrogen (secondary N) is 1. The fraction of sp³-hybridized carbons (Fsp3) is 0.273. The fourth-order valence-corrected chi connectivity index (χ4v) is 6.19. The molecule has 0 aromatic heterocycles. The molecule has 2 N–H and O–H groups in total. The predicted octanol–water partition coefficient (Wildman–Crippen LogP) is 6.48. The molecule has 1 aliphatic rings. The summed E-state index contributed by atoms with van der Waals surface area (Å²) in [5.41, 5.74) is 4.51. The van der Waals surface area contributed by atoms with E-state index in [1.165, 1.54) is 22.3 Å². The molecule has 4 aromatic carbocycles. The molecule has 0 saturated carbocycles. The first-order valence-corrected chi connectivity index (χ1v) is 12.9. The average Bonchev–Trinajstić information content (AvgIpc) is 2.96. The van der Waals surface area contributed by atoms with E-state index in [9.17, 15) is 5.11 Å². The SMILES string of the molecule is OC(CCC(c1ccccc1)(c1ccccc1)c1ccccc1)C1(c2ccccc2)CCNCC1. The first kappa shape index (κ1) is 23.5. The van der Waals surface area contributed by atoms with E-state index in [4.69, 9.17) is 0 Å². The first-order chi connectivity index (χ1) is 17.3. The lowest BCUT2D eigenvalue weighted by Gasteiger charge is -2.44. The summed E-state index contributed by atoms with van der Waals surface area (Å²) in [6.45, 7) is 1.88. The van der Waals surface area contributed by atoms with Gasteiger partial charge in [0.25, 0.3) is 0 Å². The highest BCUT2D eigenvalue weighted by Crippen LogP contribution is 2.46. The van der Waals surface area contributed by atoms with Crippen molar-refractivity contribution in [2.24, 2.45) is 0 Å². The Hall–Kier alpha value is -3.20. The lowest BCUT2D eigenvalue weighted by atomic mass is 9.63. The van der Waals surface area contributed by atoms with Crippen molar-refractivity contribution in [1.82, 2.24) is 5.32 Å². The maximum absolute atomic E-state index is 12.0. The molecule has 0 aliphatic carbocycles. The van der Waals surface area contributed by atoms with Crippen LogP contribution in [0, 0.1) is 0 Å². The summed E-state index contributed by atoms with van der Waals surface area (Å²) in [7, 11) is 0. The van der Waals surface area contributed by atoms with Crippen molar-refractivity contribution in [1.29, 1.82) is 0 Å². The first-order valence-electron chi connectivity index (χ1n) is 12.9. The van der Waals surface area contributed by atoms with Crippen LogP contribution in [0.25, 0.3) is 0 Å². The molecule has 1 atom stereocenters. The molecule has 2 nitrogen and oxygen atoms in total. The van der Waals surface area contributed by atoms with Crippen molar-refractivity contribution in [3.63, 3.8) is 0 Å². The van der Waals surface area contributed by atoms with Gasteiger partial charge in [0.05, 0.1) is 6.10 Å². The van der Waals surface area contributed by atoms with Gasteiger partial charge in [-0.1, -0.05) is 121 Å². The van der Waals surface area contributed by atoms with Crippen molar-refractivity contribution in [2.45, 2.75) is 42.6 Å². The van der Waals surface area contributed by atoms with Crippen LogP contribution in [0.4, 0.5) is 0 Å². The Morgan fingerprint density at radius 1 is 0.629 bits per heavy atom. The second kappa shape index (κ2) is 10.6. The topological polar surface area (TPSA) is 32.3 Å². The number of hydrogen-bond donors (Lipinski definition) is 2. The molecule has 1 unspecified atom stereocenters. The van der Waals surface area contributed by atoms with Gasteiger partial charge in [0.1, 0.15) is 0 Å². The lowest BCUT2D eigenvalue weighted by Crippen LogP contribution is -2.48. The molecule has 1 heterocycles. The molecule has 1 fully saturated rings. The van der Waals surface area contributed by atoms with Crippen LogP contribution in [0.15, 0.2) is 121 Å². The minimum absolute atomic E-state index is 0.220. The van der Waals surface area contributed by atoms with Crippen LogP contribution in [0.1, 0.15) is 47.9 Å². The van der Waals surface area contributed by atoms with Gasteiger partial charge in [0.2, 0.25) is 0 Å². The predicted molar refractivity (Wildman–Crippen MR) is 145 cm³/mol. The van der Waals surface area contributed by atoms with Gasteiger partial charge >= 0.3 is 0 Å². The standard InChI is InChI=1S/C33H35NO/c35-31(32(23-25-34-26-24-32)27-13-5-1-6-14-27)21-22-33(28-15-7-2-8-16-28,29-17-9-3-10-18-29)30-19-11-4-12-20-30/h1-20,31,34-35H,21-26H2. The van der Waals surface area contributed by atoms with E-state index in [0.717, 1.165) is 32.4 Å². The largest absolute Gasteiger partial charge is 0.392 e. The summed E-state index contributed by atoms with van der Waals surface area (Å²) in [5.74, 6) is 0. The van der Waals surface area contributed by atoms with Crippen LogP contribution >= 0.6 is 0 Å². The molecule has 0 amide bonds. The molecule has 35 heavy (non-hydrogen) atoms.